The molecule has 0 aliphatic heterocycles. The summed E-state index contributed by atoms with van der Waals surface area (Å²) in [5.74, 6) is -1.79. The van der Waals surface area contributed by atoms with Gasteiger partial charge in [-0.25, -0.2) is 5.43 Å². The molecule has 2 aromatic carbocycles. The minimum Gasteiger partial charge on any atom is -0.490 e. The summed E-state index contributed by atoms with van der Waals surface area (Å²) in [6.45, 7) is 0. The number of benzene rings is 2. The van der Waals surface area contributed by atoms with Crippen molar-refractivity contribution in [2.45, 2.75) is 0 Å². The highest BCUT2D eigenvalue weighted by molar-refractivity contribution is 9.10. The van der Waals surface area contributed by atoms with Crippen LogP contribution in [-0.4, -0.2) is 30.1 Å². The average Bonchev–Trinajstić information content (AvgIpc) is 2.63. The van der Waals surface area contributed by atoms with Crippen molar-refractivity contribution in [2.75, 3.05) is 12.4 Å². The molecule has 2 aromatic rings. The number of hydrogen-bond donors (Lipinski definition) is 2. The van der Waals surface area contributed by atoms with E-state index in [1.807, 2.05) is 5.43 Å². The number of nitro groups is 1. The van der Waals surface area contributed by atoms with E-state index in [1.54, 1.807) is 24.3 Å². The van der Waals surface area contributed by atoms with Crippen molar-refractivity contribution in [2.24, 2.45) is 5.10 Å². The molecule has 0 aliphatic rings. The number of para-hydroxylation sites is 1. The zero-order valence-electron chi connectivity index (χ0n) is 13.4. The molecule has 0 bridgehead atoms. The molecule has 26 heavy (non-hydrogen) atoms. The Morgan fingerprint density at radius 1 is 1.23 bits per heavy atom. The van der Waals surface area contributed by atoms with Crippen LogP contribution in [0.2, 0.25) is 0 Å². The second kappa shape index (κ2) is 8.72. The number of carbonyl (C=O) groups excluding carboxylic acids is 2. The molecule has 0 heterocycles. The second-order valence-electron chi connectivity index (χ2n) is 4.82. The lowest BCUT2D eigenvalue weighted by Crippen LogP contribution is -2.32. The van der Waals surface area contributed by atoms with Gasteiger partial charge in [-0.1, -0.05) is 12.1 Å². The summed E-state index contributed by atoms with van der Waals surface area (Å²) in [7, 11) is 1.32. The van der Waals surface area contributed by atoms with E-state index in [0.29, 0.717) is 15.7 Å². The predicted molar refractivity (Wildman–Crippen MR) is 98.2 cm³/mol. The van der Waals surface area contributed by atoms with Gasteiger partial charge in [-0.05, 0) is 40.2 Å². The molecule has 0 unspecified atom stereocenters. The number of nitrogens with zero attached hydrogens (tertiary/aromatic N) is 2. The van der Waals surface area contributed by atoms with E-state index in [-0.39, 0.29) is 11.4 Å². The first-order valence-corrected chi connectivity index (χ1v) is 7.93. The van der Waals surface area contributed by atoms with Gasteiger partial charge in [0.2, 0.25) is 0 Å². The minimum atomic E-state index is -0.986. The van der Waals surface area contributed by atoms with Crippen LogP contribution in [0.15, 0.2) is 52.0 Å². The highest BCUT2D eigenvalue weighted by Gasteiger charge is 2.15. The molecule has 2 amide bonds. The number of rotatable bonds is 5. The molecule has 0 aromatic heterocycles. The van der Waals surface area contributed by atoms with Crippen LogP contribution < -0.4 is 15.5 Å². The van der Waals surface area contributed by atoms with Gasteiger partial charge in [-0.15, -0.1) is 0 Å². The predicted octanol–water partition coefficient (Wildman–Crippen LogP) is 2.45. The van der Waals surface area contributed by atoms with Gasteiger partial charge in [0.15, 0.2) is 5.75 Å². The zero-order valence-corrected chi connectivity index (χ0v) is 15.0. The van der Waals surface area contributed by atoms with Crippen LogP contribution in [-0.2, 0) is 9.59 Å². The fourth-order valence-electron chi connectivity index (χ4n) is 1.89. The van der Waals surface area contributed by atoms with Crippen LogP contribution in [0.3, 0.4) is 0 Å². The van der Waals surface area contributed by atoms with E-state index < -0.39 is 16.7 Å². The molecule has 0 radical (unpaired) electrons. The highest BCUT2D eigenvalue weighted by Crippen LogP contribution is 2.26. The number of ether oxygens (including phenoxy) is 1. The van der Waals surface area contributed by atoms with Crippen LogP contribution in [0.5, 0.6) is 5.75 Å². The van der Waals surface area contributed by atoms with E-state index >= 15 is 0 Å². The molecule has 0 saturated carbocycles. The molecule has 0 fully saturated rings. The summed E-state index contributed by atoms with van der Waals surface area (Å²) >= 11 is 3.25. The van der Waals surface area contributed by atoms with Gasteiger partial charge in [0.1, 0.15) is 0 Å². The van der Waals surface area contributed by atoms with Crippen LogP contribution in [0, 0.1) is 10.1 Å². The van der Waals surface area contributed by atoms with Gasteiger partial charge in [0.25, 0.3) is 0 Å². The smallest absolute Gasteiger partial charge is 0.329 e. The van der Waals surface area contributed by atoms with Crippen molar-refractivity contribution in [3.63, 3.8) is 0 Å². The quantitative estimate of drug-likeness (QED) is 0.332. The molecule has 0 aliphatic carbocycles. The summed E-state index contributed by atoms with van der Waals surface area (Å²) < 4.78 is 5.51. The normalized spacial score (nSPS) is 10.4. The summed E-state index contributed by atoms with van der Waals surface area (Å²) in [6.07, 6.45) is 1.18. The third-order valence-electron chi connectivity index (χ3n) is 3.11. The number of anilines is 1. The number of amides is 2. The largest absolute Gasteiger partial charge is 0.490 e. The summed E-state index contributed by atoms with van der Waals surface area (Å²) in [4.78, 5) is 33.9. The number of carbonyl (C=O) groups is 2. The van der Waals surface area contributed by atoms with Gasteiger partial charge in [-0.2, -0.15) is 5.10 Å². The lowest BCUT2D eigenvalue weighted by atomic mass is 10.2. The SMILES string of the molecule is COc1ccc(/C=N\NC(=O)C(=O)Nc2ccccc2Br)cc1[N+](=O)[O-]. The minimum absolute atomic E-state index is 0.101. The van der Waals surface area contributed by atoms with Gasteiger partial charge in [-0.3, -0.25) is 19.7 Å². The first-order valence-electron chi connectivity index (χ1n) is 7.13. The Balaban J connectivity index is 2.00. The van der Waals surface area contributed by atoms with Crippen LogP contribution in [0.1, 0.15) is 5.56 Å². The van der Waals surface area contributed by atoms with Gasteiger partial charge in [0.05, 0.1) is 23.9 Å². The molecule has 2 rings (SSSR count). The maximum atomic E-state index is 11.8. The molecule has 0 saturated heterocycles. The molecular formula is C16H13BrN4O5. The lowest BCUT2D eigenvalue weighted by molar-refractivity contribution is -0.385. The number of methoxy groups -OCH3 is 1. The number of nitro benzene ring substituents is 1. The summed E-state index contributed by atoms with van der Waals surface area (Å²) in [5.41, 5.74) is 2.59. The maximum absolute atomic E-state index is 11.8. The molecule has 2 N–H and O–H groups in total. The van der Waals surface area contributed by atoms with Crippen LogP contribution in [0.4, 0.5) is 11.4 Å². The number of hydrogen-bond acceptors (Lipinski definition) is 6. The van der Waals surface area contributed by atoms with E-state index in [0.717, 1.165) is 0 Å². The Morgan fingerprint density at radius 3 is 2.62 bits per heavy atom. The Labute approximate surface area is 156 Å². The summed E-state index contributed by atoms with van der Waals surface area (Å²) in [6, 6.07) is 10.9. The molecule has 10 heteroatoms. The van der Waals surface area contributed by atoms with Crippen molar-refractivity contribution in [1.82, 2.24) is 5.43 Å². The fourth-order valence-corrected chi connectivity index (χ4v) is 2.27. The molecule has 0 spiro atoms. The topological polar surface area (TPSA) is 123 Å². The molecular weight excluding hydrogens is 408 g/mol. The van der Waals surface area contributed by atoms with Crippen molar-refractivity contribution in [3.05, 3.63) is 62.6 Å². The van der Waals surface area contributed by atoms with Crippen molar-refractivity contribution in [1.29, 1.82) is 0 Å². The zero-order chi connectivity index (χ0) is 19.1. The third kappa shape index (κ3) is 4.86. The Kier molecular flexibility index (Phi) is 6.39. The maximum Gasteiger partial charge on any atom is 0.329 e. The summed E-state index contributed by atoms with van der Waals surface area (Å²) in [5, 5.41) is 17.0. The Morgan fingerprint density at radius 2 is 1.96 bits per heavy atom. The lowest BCUT2D eigenvalue weighted by Gasteiger charge is -2.05. The van der Waals surface area contributed by atoms with E-state index in [1.165, 1.54) is 31.5 Å². The van der Waals surface area contributed by atoms with Gasteiger partial charge in [0, 0.05) is 16.1 Å². The highest BCUT2D eigenvalue weighted by atomic mass is 79.9. The van der Waals surface area contributed by atoms with E-state index in [4.69, 9.17) is 4.74 Å². The van der Waals surface area contributed by atoms with Crippen LogP contribution >= 0.6 is 15.9 Å². The number of hydrazone groups is 1. The second-order valence-corrected chi connectivity index (χ2v) is 5.68. The standard InChI is InChI=1S/C16H13BrN4O5/c1-26-14-7-6-10(8-13(14)21(24)25)9-18-20-16(23)15(22)19-12-5-3-2-4-11(12)17/h2-9H,1H3,(H,19,22)(H,20,23)/b18-9-. The van der Waals surface area contributed by atoms with Crippen LogP contribution in [0.25, 0.3) is 0 Å². The Bertz CT molecular complexity index is 885. The van der Waals surface area contributed by atoms with Crippen molar-refractivity contribution in [3.8, 4) is 5.75 Å². The monoisotopic (exact) mass is 420 g/mol. The molecule has 9 nitrogen and oxygen atoms in total. The van der Waals surface area contributed by atoms with Gasteiger partial charge < -0.3 is 10.1 Å². The first kappa shape index (κ1) is 19.1. The molecule has 0 atom stereocenters. The number of nitrogens with one attached hydrogen (secondary N) is 2. The fraction of sp³-hybridized carbons (Fsp3) is 0.0625. The number of halogens is 1. The van der Waals surface area contributed by atoms with E-state index in [2.05, 4.69) is 26.3 Å². The van der Waals surface area contributed by atoms with Crippen molar-refractivity contribution >= 4 is 45.3 Å². The molecule has 134 valence electrons. The first-order chi connectivity index (χ1) is 12.4. The van der Waals surface area contributed by atoms with Crippen molar-refractivity contribution < 1.29 is 19.2 Å². The van der Waals surface area contributed by atoms with E-state index in [9.17, 15) is 19.7 Å². The average molecular weight is 421 g/mol. The Hall–Kier alpha value is -3.27. The van der Waals surface area contributed by atoms with Gasteiger partial charge >= 0.3 is 17.5 Å². The third-order valence-corrected chi connectivity index (χ3v) is 3.80.